The molecule has 1 aromatic carbocycles. The Balaban J connectivity index is 1.73. The quantitative estimate of drug-likeness (QED) is 0.595. The molecule has 140 valence electrons. The lowest BCUT2D eigenvalue weighted by Gasteiger charge is -2.12. The Morgan fingerprint density at radius 1 is 1.19 bits per heavy atom. The standard InChI is InChI=1S/C19H20ClN5OS/c1-13(2)11-25-18(14-7-9-21-10-8-14)23-24-19(25)27-12-17(26)22-16-6-4-3-5-15(16)20/h3-10,13H,11-12H2,1-2H3,(H,22,26). The molecule has 0 aliphatic rings. The van der Waals surface area contributed by atoms with E-state index in [0.29, 0.717) is 21.8 Å². The molecule has 0 fully saturated rings. The summed E-state index contributed by atoms with van der Waals surface area (Å²) in [5.74, 6) is 1.27. The lowest BCUT2D eigenvalue weighted by Crippen LogP contribution is -2.15. The van der Waals surface area contributed by atoms with Crippen LogP contribution in [0, 0.1) is 5.92 Å². The van der Waals surface area contributed by atoms with Crippen LogP contribution in [0.2, 0.25) is 5.02 Å². The van der Waals surface area contributed by atoms with Crippen molar-refractivity contribution >= 4 is 35.0 Å². The number of pyridine rings is 1. The van der Waals surface area contributed by atoms with Gasteiger partial charge in [0.25, 0.3) is 0 Å². The minimum absolute atomic E-state index is 0.141. The van der Waals surface area contributed by atoms with Crippen LogP contribution >= 0.6 is 23.4 Å². The van der Waals surface area contributed by atoms with Crippen LogP contribution in [-0.2, 0) is 11.3 Å². The molecule has 0 spiro atoms. The first kappa shape index (κ1) is 19.4. The first-order chi connectivity index (χ1) is 13.0. The number of carbonyl (C=O) groups excluding carboxylic acids is 1. The van der Waals surface area contributed by atoms with Gasteiger partial charge in [0.15, 0.2) is 11.0 Å². The van der Waals surface area contributed by atoms with Crippen LogP contribution in [-0.4, -0.2) is 31.4 Å². The number of benzene rings is 1. The van der Waals surface area contributed by atoms with Crippen LogP contribution in [0.1, 0.15) is 13.8 Å². The Morgan fingerprint density at radius 3 is 2.63 bits per heavy atom. The number of rotatable bonds is 7. The second kappa shape index (κ2) is 9.01. The van der Waals surface area contributed by atoms with Gasteiger partial charge in [0, 0.05) is 24.5 Å². The van der Waals surface area contributed by atoms with Gasteiger partial charge in [-0.2, -0.15) is 0 Å². The predicted octanol–water partition coefficient (Wildman–Crippen LogP) is 4.38. The number of para-hydroxylation sites is 1. The zero-order valence-electron chi connectivity index (χ0n) is 15.1. The third kappa shape index (κ3) is 5.08. The monoisotopic (exact) mass is 401 g/mol. The second-order valence-electron chi connectivity index (χ2n) is 6.36. The number of nitrogens with zero attached hydrogens (tertiary/aromatic N) is 4. The number of hydrogen-bond acceptors (Lipinski definition) is 5. The Hall–Kier alpha value is -2.38. The highest BCUT2D eigenvalue weighted by Crippen LogP contribution is 2.26. The van der Waals surface area contributed by atoms with Crippen molar-refractivity contribution in [3.8, 4) is 11.4 Å². The molecular formula is C19H20ClN5OS. The molecule has 0 radical (unpaired) electrons. The van der Waals surface area contributed by atoms with Gasteiger partial charge in [-0.1, -0.05) is 49.3 Å². The van der Waals surface area contributed by atoms with E-state index in [1.54, 1.807) is 24.5 Å². The Morgan fingerprint density at radius 2 is 1.93 bits per heavy atom. The van der Waals surface area contributed by atoms with Crippen molar-refractivity contribution in [3.63, 3.8) is 0 Å². The second-order valence-corrected chi connectivity index (χ2v) is 7.71. The van der Waals surface area contributed by atoms with Crippen molar-refractivity contribution in [2.75, 3.05) is 11.1 Å². The average molecular weight is 402 g/mol. The molecule has 2 aromatic heterocycles. The van der Waals surface area contributed by atoms with Gasteiger partial charge in [-0.05, 0) is 30.2 Å². The summed E-state index contributed by atoms with van der Waals surface area (Å²) >= 11 is 7.44. The van der Waals surface area contributed by atoms with Crippen molar-refractivity contribution in [2.45, 2.75) is 25.5 Å². The zero-order chi connectivity index (χ0) is 19.2. The van der Waals surface area contributed by atoms with Gasteiger partial charge in [-0.15, -0.1) is 10.2 Å². The summed E-state index contributed by atoms with van der Waals surface area (Å²) in [4.78, 5) is 16.3. The molecule has 8 heteroatoms. The summed E-state index contributed by atoms with van der Waals surface area (Å²) in [5, 5.41) is 12.7. The number of anilines is 1. The van der Waals surface area contributed by atoms with Crippen LogP contribution in [0.15, 0.2) is 53.9 Å². The number of aromatic nitrogens is 4. The van der Waals surface area contributed by atoms with E-state index in [1.807, 2.05) is 28.8 Å². The normalized spacial score (nSPS) is 11.0. The zero-order valence-corrected chi connectivity index (χ0v) is 16.7. The van der Waals surface area contributed by atoms with Crippen molar-refractivity contribution in [2.24, 2.45) is 5.92 Å². The van der Waals surface area contributed by atoms with E-state index in [4.69, 9.17) is 11.6 Å². The predicted molar refractivity (Wildman–Crippen MR) is 109 cm³/mol. The Labute approximate surface area is 167 Å². The number of nitrogens with one attached hydrogen (secondary N) is 1. The van der Waals surface area contributed by atoms with Crippen LogP contribution in [0.5, 0.6) is 0 Å². The summed E-state index contributed by atoms with van der Waals surface area (Å²) in [6.07, 6.45) is 3.46. The fourth-order valence-electron chi connectivity index (χ4n) is 2.52. The average Bonchev–Trinajstić information content (AvgIpc) is 3.04. The number of hydrogen-bond donors (Lipinski definition) is 1. The van der Waals surface area contributed by atoms with Gasteiger partial charge in [0.05, 0.1) is 16.5 Å². The SMILES string of the molecule is CC(C)Cn1c(SCC(=O)Nc2ccccc2Cl)nnc1-c1ccncc1. The van der Waals surface area contributed by atoms with Crippen molar-refractivity contribution in [3.05, 3.63) is 53.8 Å². The number of halogens is 1. The molecule has 0 unspecified atom stereocenters. The first-order valence-corrected chi connectivity index (χ1v) is 9.91. The molecule has 2 heterocycles. The molecular weight excluding hydrogens is 382 g/mol. The minimum atomic E-state index is -0.141. The van der Waals surface area contributed by atoms with Crippen LogP contribution in [0.25, 0.3) is 11.4 Å². The van der Waals surface area contributed by atoms with E-state index < -0.39 is 0 Å². The van der Waals surface area contributed by atoms with Crippen LogP contribution in [0.4, 0.5) is 5.69 Å². The molecule has 0 saturated heterocycles. The summed E-state index contributed by atoms with van der Waals surface area (Å²) < 4.78 is 2.05. The molecule has 6 nitrogen and oxygen atoms in total. The lowest BCUT2D eigenvalue weighted by molar-refractivity contribution is -0.113. The fraction of sp³-hybridized carbons (Fsp3) is 0.263. The Kier molecular flexibility index (Phi) is 6.47. The van der Waals surface area contributed by atoms with Crippen molar-refractivity contribution in [1.82, 2.24) is 19.7 Å². The maximum Gasteiger partial charge on any atom is 0.234 e. The molecule has 0 bridgehead atoms. The topological polar surface area (TPSA) is 72.7 Å². The van der Waals surface area contributed by atoms with Crippen molar-refractivity contribution in [1.29, 1.82) is 0 Å². The summed E-state index contributed by atoms with van der Waals surface area (Å²) in [5.41, 5.74) is 1.55. The highest BCUT2D eigenvalue weighted by molar-refractivity contribution is 7.99. The molecule has 0 aliphatic heterocycles. The molecule has 0 saturated carbocycles. The smallest absolute Gasteiger partial charge is 0.234 e. The summed E-state index contributed by atoms with van der Waals surface area (Å²) in [7, 11) is 0. The summed E-state index contributed by atoms with van der Waals surface area (Å²) in [6.45, 7) is 5.03. The van der Waals surface area contributed by atoms with Gasteiger partial charge in [-0.3, -0.25) is 9.78 Å². The van der Waals surface area contributed by atoms with Gasteiger partial charge in [0.2, 0.25) is 5.91 Å². The van der Waals surface area contributed by atoms with Gasteiger partial charge in [0.1, 0.15) is 0 Å². The first-order valence-electron chi connectivity index (χ1n) is 8.55. The molecule has 27 heavy (non-hydrogen) atoms. The molecule has 0 atom stereocenters. The van der Waals surface area contributed by atoms with E-state index in [-0.39, 0.29) is 11.7 Å². The number of thioether (sulfide) groups is 1. The van der Waals surface area contributed by atoms with Crippen LogP contribution < -0.4 is 5.32 Å². The maximum absolute atomic E-state index is 12.3. The van der Waals surface area contributed by atoms with Crippen LogP contribution in [0.3, 0.4) is 0 Å². The molecule has 3 rings (SSSR count). The maximum atomic E-state index is 12.3. The van der Waals surface area contributed by atoms with Gasteiger partial charge >= 0.3 is 0 Å². The minimum Gasteiger partial charge on any atom is -0.324 e. The number of amides is 1. The third-order valence-corrected chi connectivity index (χ3v) is 4.98. The van der Waals surface area contributed by atoms with E-state index >= 15 is 0 Å². The fourth-order valence-corrected chi connectivity index (χ4v) is 3.45. The Bertz CT molecular complexity index is 913. The highest BCUT2D eigenvalue weighted by Gasteiger charge is 2.17. The largest absolute Gasteiger partial charge is 0.324 e. The third-order valence-electron chi connectivity index (χ3n) is 3.68. The van der Waals surface area contributed by atoms with E-state index in [2.05, 4.69) is 34.3 Å². The van der Waals surface area contributed by atoms with E-state index in [0.717, 1.165) is 17.9 Å². The molecule has 0 aliphatic carbocycles. The molecule has 1 N–H and O–H groups in total. The van der Waals surface area contributed by atoms with Gasteiger partial charge < -0.3 is 9.88 Å². The molecule has 1 amide bonds. The summed E-state index contributed by atoms with van der Waals surface area (Å²) in [6, 6.07) is 11.0. The lowest BCUT2D eigenvalue weighted by atomic mass is 10.2. The van der Waals surface area contributed by atoms with E-state index in [1.165, 1.54) is 11.8 Å². The highest BCUT2D eigenvalue weighted by atomic mass is 35.5. The molecule has 3 aromatic rings. The van der Waals surface area contributed by atoms with Gasteiger partial charge in [-0.25, -0.2) is 0 Å². The number of carbonyl (C=O) groups is 1. The van der Waals surface area contributed by atoms with E-state index in [9.17, 15) is 4.79 Å². The van der Waals surface area contributed by atoms with Crippen molar-refractivity contribution < 1.29 is 4.79 Å².